The standard InChI is InChI=1S/C9H10BrNO2/c10-4-3-9(13)7-5-6(12)1-2-8(7)11/h1-2,5,12H,3-4,11H2. The number of carbonyl (C=O) groups excluding carboxylic acids is 1. The number of phenols is 1. The monoisotopic (exact) mass is 243 g/mol. The molecule has 0 unspecified atom stereocenters. The number of anilines is 1. The van der Waals surface area contributed by atoms with Gasteiger partial charge < -0.3 is 10.8 Å². The summed E-state index contributed by atoms with van der Waals surface area (Å²) in [4.78, 5) is 11.4. The first-order valence-electron chi connectivity index (χ1n) is 3.83. The van der Waals surface area contributed by atoms with Crippen LogP contribution < -0.4 is 5.73 Å². The molecule has 0 amide bonds. The zero-order valence-electron chi connectivity index (χ0n) is 6.96. The van der Waals surface area contributed by atoms with Crippen LogP contribution in [0.2, 0.25) is 0 Å². The molecule has 0 saturated heterocycles. The first-order valence-corrected chi connectivity index (χ1v) is 4.95. The van der Waals surface area contributed by atoms with Crippen molar-refractivity contribution in [1.29, 1.82) is 0 Å². The van der Waals surface area contributed by atoms with Crippen molar-refractivity contribution < 1.29 is 9.90 Å². The van der Waals surface area contributed by atoms with Crippen molar-refractivity contribution in [2.75, 3.05) is 11.1 Å². The summed E-state index contributed by atoms with van der Waals surface area (Å²) in [6.45, 7) is 0. The Bertz CT molecular complexity index is 325. The third kappa shape index (κ3) is 2.45. The van der Waals surface area contributed by atoms with Crippen LogP contribution >= 0.6 is 15.9 Å². The van der Waals surface area contributed by atoms with Gasteiger partial charge in [0.2, 0.25) is 0 Å². The van der Waals surface area contributed by atoms with E-state index < -0.39 is 0 Å². The van der Waals surface area contributed by atoms with Gasteiger partial charge in [-0.15, -0.1) is 0 Å². The zero-order chi connectivity index (χ0) is 9.84. The van der Waals surface area contributed by atoms with Gasteiger partial charge in [-0.1, -0.05) is 15.9 Å². The van der Waals surface area contributed by atoms with Crippen LogP contribution in [0.25, 0.3) is 0 Å². The summed E-state index contributed by atoms with van der Waals surface area (Å²) in [5, 5.41) is 9.73. The maximum Gasteiger partial charge on any atom is 0.165 e. The van der Waals surface area contributed by atoms with Gasteiger partial charge in [0, 0.05) is 23.0 Å². The molecular weight excluding hydrogens is 234 g/mol. The van der Waals surface area contributed by atoms with E-state index in [0.29, 0.717) is 23.0 Å². The van der Waals surface area contributed by atoms with E-state index in [9.17, 15) is 4.79 Å². The fourth-order valence-corrected chi connectivity index (χ4v) is 1.37. The third-order valence-electron chi connectivity index (χ3n) is 1.66. The number of nitrogen functional groups attached to an aromatic ring is 1. The average molecular weight is 244 g/mol. The number of nitrogens with two attached hydrogens (primary N) is 1. The smallest absolute Gasteiger partial charge is 0.165 e. The maximum absolute atomic E-state index is 11.4. The molecule has 0 radical (unpaired) electrons. The molecule has 0 atom stereocenters. The number of rotatable bonds is 3. The van der Waals surface area contributed by atoms with Gasteiger partial charge in [-0.2, -0.15) is 0 Å². The maximum atomic E-state index is 11.4. The Morgan fingerprint density at radius 2 is 2.23 bits per heavy atom. The van der Waals surface area contributed by atoms with Gasteiger partial charge in [0.15, 0.2) is 5.78 Å². The fourth-order valence-electron chi connectivity index (χ4n) is 1.01. The summed E-state index contributed by atoms with van der Waals surface area (Å²) < 4.78 is 0. The fraction of sp³-hybridized carbons (Fsp3) is 0.222. The minimum Gasteiger partial charge on any atom is -0.508 e. The summed E-state index contributed by atoms with van der Waals surface area (Å²) in [6.07, 6.45) is 0.383. The highest BCUT2D eigenvalue weighted by molar-refractivity contribution is 9.09. The molecule has 13 heavy (non-hydrogen) atoms. The molecule has 0 aliphatic heterocycles. The van der Waals surface area contributed by atoms with Gasteiger partial charge in [-0.3, -0.25) is 4.79 Å². The molecule has 0 aromatic heterocycles. The zero-order valence-corrected chi connectivity index (χ0v) is 8.54. The predicted molar refractivity (Wildman–Crippen MR) is 55.3 cm³/mol. The lowest BCUT2D eigenvalue weighted by atomic mass is 10.1. The number of hydrogen-bond acceptors (Lipinski definition) is 3. The minimum absolute atomic E-state index is 0.0622. The number of aromatic hydroxyl groups is 1. The van der Waals surface area contributed by atoms with Crippen molar-refractivity contribution in [2.24, 2.45) is 0 Å². The minimum atomic E-state index is -0.0646. The summed E-state index contributed by atoms with van der Waals surface area (Å²) in [5.41, 5.74) is 6.37. The molecule has 0 heterocycles. The van der Waals surface area contributed by atoms with Crippen molar-refractivity contribution in [3.63, 3.8) is 0 Å². The molecule has 0 bridgehead atoms. The Labute approximate surface area is 84.7 Å². The number of Topliss-reactive ketones (excluding diaryl/α,β-unsaturated/α-hetero) is 1. The van der Waals surface area contributed by atoms with E-state index in [2.05, 4.69) is 15.9 Å². The van der Waals surface area contributed by atoms with Crippen LogP contribution in [-0.2, 0) is 0 Å². The van der Waals surface area contributed by atoms with Gasteiger partial charge in [0.05, 0.1) is 0 Å². The molecule has 70 valence electrons. The number of carbonyl (C=O) groups is 1. The highest BCUT2D eigenvalue weighted by atomic mass is 79.9. The Kier molecular flexibility index (Phi) is 3.31. The van der Waals surface area contributed by atoms with Crippen LogP contribution in [0.4, 0.5) is 5.69 Å². The first-order chi connectivity index (χ1) is 6.15. The van der Waals surface area contributed by atoms with Crippen molar-refractivity contribution in [1.82, 2.24) is 0 Å². The molecular formula is C9H10BrNO2. The molecule has 0 fully saturated rings. The summed E-state index contributed by atoms with van der Waals surface area (Å²) in [6, 6.07) is 4.37. The molecule has 3 nitrogen and oxygen atoms in total. The number of alkyl halides is 1. The van der Waals surface area contributed by atoms with Gasteiger partial charge >= 0.3 is 0 Å². The molecule has 3 N–H and O–H groups in total. The van der Waals surface area contributed by atoms with E-state index in [0.717, 1.165) is 0 Å². The van der Waals surface area contributed by atoms with E-state index in [-0.39, 0.29) is 11.5 Å². The Hall–Kier alpha value is -1.03. The van der Waals surface area contributed by atoms with Crippen LogP contribution in [-0.4, -0.2) is 16.2 Å². The van der Waals surface area contributed by atoms with Crippen molar-refractivity contribution in [3.05, 3.63) is 23.8 Å². The van der Waals surface area contributed by atoms with Gasteiger partial charge in [0.25, 0.3) is 0 Å². The molecule has 0 saturated carbocycles. The van der Waals surface area contributed by atoms with Crippen LogP contribution in [0.1, 0.15) is 16.8 Å². The van der Waals surface area contributed by atoms with E-state index in [1.54, 1.807) is 0 Å². The first kappa shape index (κ1) is 10.1. The van der Waals surface area contributed by atoms with E-state index >= 15 is 0 Å². The highest BCUT2D eigenvalue weighted by Gasteiger charge is 2.09. The van der Waals surface area contributed by atoms with E-state index in [1.165, 1.54) is 18.2 Å². The van der Waals surface area contributed by atoms with Crippen LogP contribution in [0.5, 0.6) is 5.75 Å². The molecule has 0 spiro atoms. The number of hydrogen-bond donors (Lipinski definition) is 2. The Balaban J connectivity index is 2.99. The van der Waals surface area contributed by atoms with Gasteiger partial charge in [-0.05, 0) is 18.2 Å². The second-order valence-corrected chi connectivity index (χ2v) is 3.43. The van der Waals surface area contributed by atoms with Gasteiger partial charge in [-0.25, -0.2) is 0 Å². The normalized spacial score (nSPS) is 9.92. The largest absolute Gasteiger partial charge is 0.508 e. The average Bonchev–Trinajstić information content (AvgIpc) is 2.09. The van der Waals surface area contributed by atoms with Crippen molar-refractivity contribution >= 4 is 27.4 Å². The Morgan fingerprint density at radius 3 is 2.85 bits per heavy atom. The van der Waals surface area contributed by atoms with Crippen molar-refractivity contribution in [2.45, 2.75) is 6.42 Å². The molecule has 0 aliphatic rings. The highest BCUT2D eigenvalue weighted by Crippen LogP contribution is 2.19. The predicted octanol–water partition coefficient (Wildman–Crippen LogP) is 1.94. The number of benzene rings is 1. The molecule has 4 heteroatoms. The van der Waals surface area contributed by atoms with Crippen LogP contribution in [0, 0.1) is 0 Å². The lowest BCUT2D eigenvalue weighted by molar-refractivity contribution is 0.0990. The lowest BCUT2D eigenvalue weighted by Crippen LogP contribution is -2.03. The second-order valence-electron chi connectivity index (χ2n) is 2.63. The number of phenolic OH excluding ortho intramolecular Hbond substituents is 1. The van der Waals surface area contributed by atoms with Crippen molar-refractivity contribution in [3.8, 4) is 5.75 Å². The third-order valence-corrected chi connectivity index (χ3v) is 2.06. The lowest BCUT2D eigenvalue weighted by Gasteiger charge is -2.03. The molecule has 1 rings (SSSR count). The summed E-state index contributed by atoms with van der Waals surface area (Å²) in [5.74, 6) is -0.00241. The van der Waals surface area contributed by atoms with E-state index in [4.69, 9.17) is 10.8 Å². The SMILES string of the molecule is Nc1ccc(O)cc1C(=O)CCBr. The van der Waals surface area contributed by atoms with E-state index in [1.807, 2.05) is 0 Å². The molecule has 0 aliphatic carbocycles. The second kappa shape index (κ2) is 4.28. The quantitative estimate of drug-likeness (QED) is 0.369. The van der Waals surface area contributed by atoms with Gasteiger partial charge in [0.1, 0.15) is 5.75 Å². The van der Waals surface area contributed by atoms with Crippen LogP contribution in [0.15, 0.2) is 18.2 Å². The molecule has 1 aromatic carbocycles. The van der Waals surface area contributed by atoms with Crippen LogP contribution in [0.3, 0.4) is 0 Å². The summed E-state index contributed by atoms with van der Waals surface area (Å²) in [7, 11) is 0. The Morgan fingerprint density at radius 1 is 1.54 bits per heavy atom. The molecule has 1 aromatic rings. The summed E-state index contributed by atoms with van der Waals surface area (Å²) >= 11 is 3.17. The number of halogens is 1. The number of ketones is 1. The topological polar surface area (TPSA) is 63.3 Å².